The molecular formula is C40H38N2O8. The number of esters is 2. The molecule has 0 radical (unpaired) electrons. The molecule has 0 fully saturated rings. The van der Waals surface area contributed by atoms with Crippen molar-refractivity contribution in [3.05, 3.63) is 130 Å². The third-order valence-corrected chi connectivity index (χ3v) is 7.93. The molecule has 0 saturated carbocycles. The van der Waals surface area contributed by atoms with E-state index >= 15 is 0 Å². The van der Waals surface area contributed by atoms with Crippen molar-refractivity contribution in [2.45, 2.75) is 45.4 Å². The fraction of sp³-hybridized carbons (Fsp3) is 0.225. The molecule has 0 aromatic heterocycles. The minimum Gasteiger partial charge on any atom is -0.494 e. The number of benzene rings is 5. The number of unbranched alkanes of at least 4 members (excludes halogenated alkanes) is 5. The Hall–Kier alpha value is -6.03. The zero-order valence-corrected chi connectivity index (χ0v) is 28.0. The van der Waals surface area contributed by atoms with Gasteiger partial charge in [-0.05, 0) is 102 Å². The van der Waals surface area contributed by atoms with Gasteiger partial charge in [0.05, 0.1) is 35.5 Å². The van der Waals surface area contributed by atoms with Crippen LogP contribution in [0.4, 0.5) is 11.4 Å². The summed E-state index contributed by atoms with van der Waals surface area (Å²) in [6, 6.07) is 28.2. The van der Waals surface area contributed by atoms with Gasteiger partial charge in [0.15, 0.2) is 11.5 Å². The zero-order chi connectivity index (χ0) is 35.3. The van der Waals surface area contributed by atoms with Crippen LogP contribution >= 0.6 is 0 Å². The average molecular weight is 675 g/mol. The van der Waals surface area contributed by atoms with E-state index in [1.54, 1.807) is 54.7 Å². The molecule has 5 aromatic carbocycles. The monoisotopic (exact) mass is 674 g/mol. The number of hydrogen-bond acceptors (Lipinski definition) is 9. The summed E-state index contributed by atoms with van der Waals surface area (Å²) in [7, 11) is 1.45. The van der Waals surface area contributed by atoms with E-state index in [1.807, 2.05) is 30.3 Å². The summed E-state index contributed by atoms with van der Waals surface area (Å²) in [6.07, 6.45) is 8.90. The number of nitro groups is 1. The minimum absolute atomic E-state index is 0.127. The minimum atomic E-state index is -0.681. The van der Waals surface area contributed by atoms with Crippen LogP contribution < -0.4 is 18.9 Å². The first-order valence-corrected chi connectivity index (χ1v) is 16.5. The quantitative estimate of drug-likeness (QED) is 0.0253. The number of rotatable bonds is 16. The molecule has 50 heavy (non-hydrogen) atoms. The van der Waals surface area contributed by atoms with Gasteiger partial charge in [-0.2, -0.15) is 0 Å². The predicted molar refractivity (Wildman–Crippen MR) is 193 cm³/mol. The number of hydrogen-bond donors (Lipinski definition) is 0. The molecule has 10 nitrogen and oxygen atoms in total. The molecular weight excluding hydrogens is 636 g/mol. The summed E-state index contributed by atoms with van der Waals surface area (Å²) in [5.74, 6) is 0.545. The summed E-state index contributed by atoms with van der Waals surface area (Å²) in [6.45, 7) is 2.91. The lowest BCUT2D eigenvalue weighted by Crippen LogP contribution is -2.09. The van der Waals surface area contributed by atoms with Gasteiger partial charge in [0, 0.05) is 18.3 Å². The van der Waals surface area contributed by atoms with E-state index in [1.165, 1.54) is 63.5 Å². The van der Waals surface area contributed by atoms with E-state index < -0.39 is 16.9 Å². The van der Waals surface area contributed by atoms with Crippen molar-refractivity contribution in [1.29, 1.82) is 0 Å². The Morgan fingerprint density at radius 2 is 1.36 bits per heavy atom. The lowest BCUT2D eigenvalue weighted by molar-refractivity contribution is -0.384. The van der Waals surface area contributed by atoms with Crippen LogP contribution in [0.15, 0.2) is 108 Å². The maximum atomic E-state index is 12.9. The van der Waals surface area contributed by atoms with Gasteiger partial charge in [-0.25, -0.2) is 9.59 Å². The Morgan fingerprint density at radius 3 is 2.10 bits per heavy atom. The van der Waals surface area contributed by atoms with Crippen LogP contribution in [0.1, 0.15) is 71.7 Å². The van der Waals surface area contributed by atoms with Crippen molar-refractivity contribution < 1.29 is 33.5 Å². The van der Waals surface area contributed by atoms with Crippen LogP contribution in [0.25, 0.3) is 10.8 Å². The topological polar surface area (TPSA) is 127 Å². The Labute approximate surface area is 290 Å². The summed E-state index contributed by atoms with van der Waals surface area (Å²) in [4.78, 5) is 40.3. The molecule has 5 rings (SSSR count). The van der Waals surface area contributed by atoms with Gasteiger partial charge >= 0.3 is 11.9 Å². The molecule has 0 aliphatic heterocycles. The molecule has 0 amide bonds. The highest BCUT2D eigenvalue weighted by molar-refractivity contribution is 5.97. The number of aliphatic imine (C=N–C) groups is 1. The fourth-order valence-corrected chi connectivity index (χ4v) is 5.16. The summed E-state index contributed by atoms with van der Waals surface area (Å²) in [5, 5.41) is 12.8. The largest absolute Gasteiger partial charge is 0.494 e. The highest BCUT2D eigenvalue weighted by atomic mass is 16.6. The van der Waals surface area contributed by atoms with Crippen LogP contribution in [0.2, 0.25) is 0 Å². The number of nitrogens with zero attached hydrogens (tertiary/aromatic N) is 2. The van der Waals surface area contributed by atoms with Crippen molar-refractivity contribution in [2.75, 3.05) is 13.7 Å². The second-order valence-electron chi connectivity index (χ2n) is 11.6. The number of non-ortho nitro benzene ring substituents is 1. The average Bonchev–Trinajstić information content (AvgIpc) is 3.14. The van der Waals surface area contributed by atoms with E-state index in [2.05, 4.69) is 11.9 Å². The van der Waals surface area contributed by atoms with Crippen molar-refractivity contribution >= 4 is 40.3 Å². The first kappa shape index (κ1) is 35.3. The maximum absolute atomic E-state index is 12.9. The second kappa shape index (κ2) is 17.4. The van der Waals surface area contributed by atoms with E-state index in [9.17, 15) is 19.7 Å². The molecule has 10 heteroatoms. The molecule has 0 spiro atoms. The van der Waals surface area contributed by atoms with Gasteiger partial charge in [0.25, 0.3) is 5.69 Å². The number of methoxy groups -OCH3 is 1. The van der Waals surface area contributed by atoms with Crippen LogP contribution in [-0.2, 0) is 0 Å². The van der Waals surface area contributed by atoms with Gasteiger partial charge in [-0.15, -0.1) is 0 Å². The molecule has 5 aromatic rings. The molecule has 0 bridgehead atoms. The molecule has 0 aliphatic carbocycles. The van der Waals surface area contributed by atoms with Gasteiger partial charge < -0.3 is 18.9 Å². The molecule has 0 atom stereocenters. The van der Waals surface area contributed by atoms with Crippen molar-refractivity contribution in [1.82, 2.24) is 0 Å². The third kappa shape index (κ3) is 9.76. The second-order valence-corrected chi connectivity index (χ2v) is 11.6. The number of ether oxygens (including phenoxy) is 4. The standard InChI is InChI=1S/C40H38N2O8/c1-3-4-5-6-7-8-23-48-36-19-14-30-25-32(11-10-31(30)26-36)40(44)49-35-20-15-33(16-21-35)41-27-28-9-22-37(38(24-28)47-2)50-39(43)29-12-17-34(18-13-29)42(45)46/h9-22,24-27H,3-8,23H2,1-2H3. The number of carbonyl (C=O) groups excluding carboxylic acids is 2. The first-order valence-electron chi connectivity index (χ1n) is 16.5. The number of fused-ring (bicyclic) bond motifs is 1. The first-order chi connectivity index (χ1) is 24.3. The molecule has 0 heterocycles. The van der Waals surface area contributed by atoms with Gasteiger partial charge in [0.2, 0.25) is 0 Å². The maximum Gasteiger partial charge on any atom is 0.343 e. The summed E-state index contributed by atoms with van der Waals surface area (Å²) >= 11 is 0. The summed E-state index contributed by atoms with van der Waals surface area (Å²) in [5.41, 5.74) is 1.78. The normalized spacial score (nSPS) is 11.0. The third-order valence-electron chi connectivity index (χ3n) is 7.93. The zero-order valence-electron chi connectivity index (χ0n) is 28.0. The Bertz CT molecular complexity index is 1970. The van der Waals surface area contributed by atoms with Crippen LogP contribution in [0.3, 0.4) is 0 Å². The van der Waals surface area contributed by atoms with Crippen LogP contribution in [0.5, 0.6) is 23.0 Å². The molecule has 0 N–H and O–H groups in total. The molecule has 0 saturated heterocycles. The van der Waals surface area contributed by atoms with E-state index in [0.717, 1.165) is 22.9 Å². The predicted octanol–water partition coefficient (Wildman–Crippen LogP) is 9.68. The van der Waals surface area contributed by atoms with Crippen molar-refractivity contribution in [3.8, 4) is 23.0 Å². The van der Waals surface area contributed by atoms with Crippen molar-refractivity contribution in [2.24, 2.45) is 4.99 Å². The van der Waals surface area contributed by atoms with E-state index in [-0.39, 0.29) is 17.0 Å². The highest BCUT2D eigenvalue weighted by Crippen LogP contribution is 2.29. The Balaban J connectivity index is 1.14. The van der Waals surface area contributed by atoms with Gasteiger partial charge in [-0.3, -0.25) is 15.1 Å². The highest BCUT2D eigenvalue weighted by Gasteiger charge is 2.15. The lowest BCUT2D eigenvalue weighted by Gasteiger charge is -2.10. The number of nitro benzene ring substituents is 1. The van der Waals surface area contributed by atoms with Crippen LogP contribution in [-0.4, -0.2) is 36.8 Å². The Kier molecular flexibility index (Phi) is 12.3. The van der Waals surface area contributed by atoms with Crippen LogP contribution in [0, 0.1) is 10.1 Å². The SMILES string of the molecule is CCCCCCCCOc1ccc2cc(C(=O)Oc3ccc(N=Cc4ccc(OC(=O)c5ccc([N+](=O)[O-])cc5)c(OC)c4)cc3)ccc2c1. The van der Waals surface area contributed by atoms with E-state index in [0.29, 0.717) is 34.9 Å². The lowest BCUT2D eigenvalue weighted by atomic mass is 10.1. The van der Waals surface area contributed by atoms with Crippen molar-refractivity contribution in [3.63, 3.8) is 0 Å². The molecule has 0 unspecified atom stereocenters. The smallest absolute Gasteiger partial charge is 0.343 e. The van der Waals surface area contributed by atoms with E-state index in [4.69, 9.17) is 18.9 Å². The fourth-order valence-electron chi connectivity index (χ4n) is 5.16. The van der Waals surface area contributed by atoms with Gasteiger partial charge in [0.1, 0.15) is 11.5 Å². The summed E-state index contributed by atoms with van der Waals surface area (Å²) < 4.78 is 22.4. The molecule has 0 aliphatic rings. The number of carbonyl (C=O) groups is 2. The Morgan fingerprint density at radius 1 is 0.700 bits per heavy atom. The van der Waals surface area contributed by atoms with Gasteiger partial charge in [-0.1, -0.05) is 51.2 Å². The molecule has 256 valence electrons.